The molecule has 0 aliphatic carbocycles. The van der Waals surface area contributed by atoms with Crippen molar-refractivity contribution in [2.75, 3.05) is 13.6 Å². The molecular weight excluding hydrogens is 264 g/mol. The lowest BCUT2D eigenvalue weighted by Gasteiger charge is -2.17. The minimum absolute atomic E-state index is 0.0926. The predicted molar refractivity (Wildman–Crippen MR) is 65.4 cm³/mol. The second kappa shape index (κ2) is 5.77. The highest BCUT2D eigenvalue weighted by atomic mass is 35.5. The maximum Gasteiger partial charge on any atom is 0.244 e. The predicted octanol–water partition coefficient (Wildman–Crippen LogP) is 1.13. The molecule has 1 rings (SSSR count). The minimum atomic E-state index is -3.55. The molecule has 0 bridgehead atoms. The Hall–Kier alpha value is -0.690. The molecular formula is C10H15ClN2O3S. The van der Waals surface area contributed by atoms with Crippen LogP contribution >= 0.6 is 11.6 Å². The van der Waals surface area contributed by atoms with Gasteiger partial charge in [-0.05, 0) is 25.5 Å². The standard InChI is InChI=1S/C10H15ClN2O3S/c1-8(14)5-6-13(2)17(15,16)9-3-4-10(11)12-7-9/h3-4,7-8,14H,5-6H2,1-2H3. The number of aromatic nitrogens is 1. The molecule has 0 amide bonds. The first-order valence-corrected chi connectivity index (χ1v) is 6.92. The molecule has 1 N–H and O–H groups in total. The SMILES string of the molecule is CC(O)CCN(C)S(=O)(=O)c1ccc(Cl)nc1. The number of nitrogens with zero attached hydrogens (tertiary/aromatic N) is 2. The quantitative estimate of drug-likeness (QED) is 0.820. The van der Waals surface area contributed by atoms with E-state index in [2.05, 4.69) is 4.98 Å². The van der Waals surface area contributed by atoms with Crippen LogP contribution in [0.5, 0.6) is 0 Å². The molecule has 0 aliphatic heterocycles. The zero-order valence-electron chi connectivity index (χ0n) is 9.67. The van der Waals surface area contributed by atoms with E-state index in [9.17, 15) is 8.42 Å². The Kier molecular flexibility index (Phi) is 4.88. The molecule has 96 valence electrons. The highest BCUT2D eigenvalue weighted by Gasteiger charge is 2.21. The summed E-state index contributed by atoms with van der Waals surface area (Å²) >= 11 is 5.59. The van der Waals surface area contributed by atoms with Crippen LogP contribution in [-0.4, -0.2) is 42.5 Å². The van der Waals surface area contributed by atoms with Crippen LogP contribution in [0.2, 0.25) is 5.15 Å². The lowest BCUT2D eigenvalue weighted by atomic mass is 10.3. The van der Waals surface area contributed by atoms with Gasteiger partial charge in [0.25, 0.3) is 0 Å². The van der Waals surface area contributed by atoms with Crippen molar-refractivity contribution in [3.8, 4) is 0 Å². The van der Waals surface area contributed by atoms with Crippen LogP contribution in [0.4, 0.5) is 0 Å². The monoisotopic (exact) mass is 278 g/mol. The van der Waals surface area contributed by atoms with Gasteiger partial charge >= 0.3 is 0 Å². The van der Waals surface area contributed by atoms with Gasteiger partial charge in [-0.15, -0.1) is 0 Å². The Morgan fingerprint density at radius 1 is 1.53 bits per heavy atom. The van der Waals surface area contributed by atoms with E-state index in [4.69, 9.17) is 16.7 Å². The Bertz CT molecular complexity index is 459. The van der Waals surface area contributed by atoms with Gasteiger partial charge in [-0.3, -0.25) is 0 Å². The fourth-order valence-corrected chi connectivity index (χ4v) is 2.43. The first-order valence-electron chi connectivity index (χ1n) is 5.10. The fourth-order valence-electron chi connectivity index (χ4n) is 1.18. The van der Waals surface area contributed by atoms with Crippen molar-refractivity contribution in [2.24, 2.45) is 0 Å². The summed E-state index contributed by atoms with van der Waals surface area (Å²) in [6.45, 7) is 1.87. The van der Waals surface area contributed by atoms with Crippen LogP contribution in [0.1, 0.15) is 13.3 Å². The Labute approximate surface area is 106 Å². The van der Waals surface area contributed by atoms with E-state index in [1.54, 1.807) is 6.92 Å². The summed E-state index contributed by atoms with van der Waals surface area (Å²) in [4.78, 5) is 3.83. The second-order valence-corrected chi connectivity index (χ2v) is 6.21. The summed E-state index contributed by atoms with van der Waals surface area (Å²) in [5.74, 6) is 0. The first-order chi connectivity index (χ1) is 7.84. The molecule has 1 unspecified atom stereocenters. The van der Waals surface area contributed by atoms with Gasteiger partial charge in [0.2, 0.25) is 10.0 Å². The zero-order chi connectivity index (χ0) is 13.1. The highest BCUT2D eigenvalue weighted by molar-refractivity contribution is 7.89. The van der Waals surface area contributed by atoms with Gasteiger partial charge in [0.1, 0.15) is 10.0 Å². The molecule has 0 fully saturated rings. The van der Waals surface area contributed by atoms with Crippen LogP contribution in [-0.2, 0) is 10.0 Å². The molecule has 0 spiro atoms. The van der Waals surface area contributed by atoms with Gasteiger partial charge in [-0.1, -0.05) is 11.6 Å². The lowest BCUT2D eigenvalue weighted by molar-refractivity contribution is 0.177. The van der Waals surface area contributed by atoms with E-state index in [1.165, 1.54) is 29.7 Å². The van der Waals surface area contributed by atoms with E-state index >= 15 is 0 Å². The van der Waals surface area contributed by atoms with E-state index in [1.807, 2.05) is 0 Å². The number of hydrogen-bond donors (Lipinski definition) is 1. The van der Waals surface area contributed by atoms with Crippen LogP contribution in [0, 0.1) is 0 Å². The average Bonchev–Trinajstić information content (AvgIpc) is 2.26. The van der Waals surface area contributed by atoms with Gasteiger partial charge < -0.3 is 5.11 Å². The number of pyridine rings is 1. The van der Waals surface area contributed by atoms with Crippen molar-refractivity contribution >= 4 is 21.6 Å². The summed E-state index contributed by atoms with van der Waals surface area (Å²) in [6.07, 6.45) is 1.07. The summed E-state index contributed by atoms with van der Waals surface area (Å²) in [5.41, 5.74) is 0. The molecule has 1 atom stereocenters. The van der Waals surface area contributed by atoms with Crippen molar-refractivity contribution in [3.63, 3.8) is 0 Å². The van der Waals surface area contributed by atoms with Gasteiger partial charge in [0.05, 0.1) is 6.10 Å². The summed E-state index contributed by atoms with van der Waals surface area (Å²) in [7, 11) is -2.09. The molecule has 7 heteroatoms. The van der Waals surface area contributed by atoms with Crippen molar-refractivity contribution in [1.82, 2.24) is 9.29 Å². The van der Waals surface area contributed by atoms with E-state index in [-0.39, 0.29) is 16.6 Å². The lowest BCUT2D eigenvalue weighted by Crippen LogP contribution is -2.29. The number of rotatable bonds is 5. The smallest absolute Gasteiger partial charge is 0.244 e. The molecule has 0 saturated carbocycles. The normalized spacial score (nSPS) is 13.9. The third-order valence-corrected chi connectivity index (χ3v) is 4.33. The Balaban J connectivity index is 2.84. The van der Waals surface area contributed by atoms with Crippen molar-refractivity contribution in [3.05, 3.63) is 23.5 Å². The molecule has 1 heterocycles. The van der Waals surface area contributed by atoms with Crippen molar-refractivity contribution in [2.45, 2.75) is 24.3 Å². The van der Waals surface area contributed by atoms with Crippen LogP contribution in [0.3, 0.4) is 0 Å². The molecule has 0 aliphatic rings. The number of halogens is 1. The molecule has 17 heavy (non-hydrogen) atoms. The van der Waals surface area contributed by atoms with Crippen LogP contribution in [0.15, 0.2) is 23.2 Å². The van der Waals surface area contributed by atoms with Gasteiger partial charge in [-0.25, -0.2) is 17.7 Å². The summed E-state index contributed by atoms with van der Waals surface area (Å²) < 4.78 is 25.2. The zero-order valence-corrected chi connectivity index (χ0v) is 11.2. The number of aliphatic hydroxyl groups is 1. The van der Waals surface area contributed by atoms with Crippen LogP contribution < -0.4 is 0 Å². The van der Waals surface area contributed by atoms with E-state index < -0.39 is 16.1 Å². The molecule has 5 nitrogen and oxygen atoms in total. The van der Waals surface area contributed by atoms with Gasteiger partial charge in [0.15, 0.2) is 0 Å². The Morgan fingerprint density at radius 3 is 2.65 bits per heavy atom. The maximum absolute atomic E-state index is 12.0. The molecule has 1 aromatic rings. The van der Waals surface area contributed by atoms with E-state index in [0.29, 0.717) is 6.42 Å². The number of aliphatic hydroxyl groups excluding tert-OH is 1. The largest absolute Gasteiger partial charge is 0.393 e. The summed E-state index contributed by atoms with van der Waals surface area (Å²) in [6, 6.07) is 2.83. The molecule has 0 radical (unpaired) electrons. The fraction of sp³-hybridized carbons (Fsp3) is 0.500. The third-order valence-electron chi connectivity index (χ3n) is 2.27. The Morgan fingerprint density at radius 2 is 2.18 bits per heavy atom. The topological polar surface area (TPSA) is 70.5 Å². The molecule has 0 saturated heterocycles. The van der Waals surface area contributed by atoms with Gasteiger partial charge in [-0.2, -0.15) is 0 Å². The maximum atomic E-state index is 12.0. The molecule has 0 aromatic carbocycles. The highest BCUT2D eigenvalue weighted by Crippen LogP contribution is 2.15. The average molecular weight is 279 g/mol. The van der Waals surface area contributed by atoms with Crippen LogP contribution in [0.25, 0.3) is 0 Å². The van der Waals surface area contributed by atoms with Crippen molar-refractivity contribution < 1.29 is 13.5 Å². The third kappa shape index (κ3) is 3.92. The number of sulfonamides is 1. The minimum Gasteiger partial charge on any atom is -0.393 e. The van der Waals surface area contributed by atoms with E-state index in [0.717, 1.165) is 0 Å². The van der Waals surface area contributed by atoms with Gasteiger partial charge in [0, 0.05) is 19.8 Å². The number of hydrogen-bond acceptors (Lipinski definition) is 4. The van der Waals surface area contributed by atoms with Crippen molar-refractivity contribution in [1.29, 1.82) is 0 Å². The molecule has 1 aromatic heterocycles. The second-order valence-electron chi connectivity index (χ2n) is 3.78. The first kappa shape index (κ1) is 14.4. The summed E-state index contributed by atoms with van der Waals surface area (Å²) in [5, 5.41) is 9.37.